The second-order valence-electron chi connectivity index (χ2n) is 5.29. The van der Waals surface area contributed by atoms with Crippen molar-refractivity contribution < 1.29 is 8.42 Å². The molecule has 0 aromatic heterocycles. The summed E-state index contributed by atoms with van der Waals surface area (Å²) in [6.45, 7) is 9.56. The fourth-order valence-electron chi connectivity index (χ4n) is 1.62. The molecule has 0 aromatic carbocycles. The predicted octanol–water partition coefficient (Wildman–Crippen LogP) is 1.67. The molecule has 5 nitrogen and oxygen atoms in total. The van der Waals surface area contributed by atoms with E-state index in [1.807, 2.05) is 18.7 Å². The van der Waals surface area contributed by atoms with E-state index < -0.39 is 10.2 Å². The highest BCUT2D eigenvalue weighted by molar-refractivity contribution is 7.99. The van der Waals surface area contributed by atoms with Gasteiger partial charge >= 0.3 is 0 Å². The van der Waals surface area contributed by atoms with Crippen LogP contribution in [0.4, 0.5) is 0 Å². The molecule has 2 N–H and O–H groups in total. The van der Waals surface area contributed by atoms with Gasteiger partial charge in [-0.25, -0.2) is 0 Å². The maximum Gasteiger partial charge on any atom is 0.279 e. The second-order valence-corrected chi connectivity index (χ2v) is 8.50. The van der Waals surface area contributed by atoms with Gasteiger partial charge in [0.25, 0.3) is 10.2 Å². The van der Waals surface area contributed by atoms with E-state index in [2.05, 4.69) is 30.8 Å². The van der Waals surface area contributed by atoms with Gasteiger partial charge in [0.05, 0.1) is 0 Å². The van der Waals surface area contributed by atoms with Gasteiger partial charge in [0.1, 0.15) is 0 Å². The van der Waals surface area contributed by atoms with Crippen LogP contribution in [0.5, 0.6) is 0 Å². The minimum Gasteiger partial charge on any atom is -0.314 e. The van der Waals surface area contributed by atoms with Gasteiger partial charge < -0.3 is 5.32 Å². The molecule has 7 heteroatoms. The minimum atomic E-state index is -3.35. The molecular weight excluding hydrogens is 294 g/mol. The van der Waals surface area contributed by atoms with Crippen molar-refractivity contribution >= 4 is 22.0 Å². The van der Waals surface area contributed by atoms with Crippen molar-refractivity contribution in [3.8, 4) is 0 Å². The van der Waals surface area contributed by atoms with Crippen LogP contribution in [0, 0.1) is 0 Å². The molecule has 0 radical (unpaired) electrons. The van der Waals surface area contributed by atoms with Crippen LogP contribution >= 0.6 is 11.8 Å². The number of hydrogen-bond acceptors (Lipinski definition) is 4. The maximum atomic E-state index is 12.1. The Morgan fingerprint density at radius 2 is 1.90 bits per heavy atom. The van der Waals surface area contributed by atoms with Crippen molar-refractivity contribution in [3.05, 3.63) is 0 Å². The highest BCUT2D eigenvalue weighted by Gasteiger charge is 2.19. The summed E-state index contributed by atoms with van der Waals surface area (Å²) in [5, 5.41) is 3.28. The molecule has 0 spiro atoms. The molecule has 0 aromatic rings. The Bertz CT molecular complexity index is 335. The van der Waals surface area contributed by atoms with E-state index in [1.54, 1.807) is 7.05 Å². The Balaban J connectivity index is 4.01. The molecule has 0 saturated heterocycles. The molecule has 0 aliphatic heterocycles. The highest BCUT2D eigenvalue weighted by Crippen LogP contribution is 2.06. The normalized spacial score (nSPS) is 14.2. The van der Waals surface area contributed by atoms with Crippen LogP contribution in [0.25, 0.3) is 0 Å². The van der Waals surface area contributed by atoms with Gasteiger partial charge in [-0.1, -0.05) is 20.8 Å². The first-order chi connectivity index (χ1) is 9.29. The molecule has 1 unspecified atom stereocenters. The Morgan fingerprint density at radius 3 is 2.45 bits per heavy atom. The first-order valence-corrected chi connectivity index (χ1v) is 9.93. The van der Waals surface area contributed by atoms with Gasteiger partial charge in [0.15, 0.2) is 0 Å². The molecule has 0 bridgehead atoms. The van der Waals surface area contributed by atoms with Gasteiger partial charge in [0.2, 0.25) is 0 Å². The number of nitrogens with one attached hydrogen (secondary N) is 2. The van der Waals surface area contributed by atoms with Crippen LogP contribution in [0.15, 0.2) is 0 Å². The molecule has 0 heterocycles. The molecule has 0 rings (SSSR count). The largest absolute Gasteiger partial charge is 0.314 e. The van der Waals surface area contributed by atoms with E-state index in [4.69, 9.17) is 0 Å². The summed E-state index contributed by atoms with van der Waals surface area (Å²) in [4.78, 5) is 0. The third kappa shape index (κ3) is 9.99. The number of rotatable bonds is 12. The standard InChI is InChI=1S/C13H31N3O2S2/c1-6-19-11-8-13(4)15-20(17,18)16(5)10-7-9-14-12(2)3/h12-15H,6-11H2,1-5H3. The maximum absolute atomic E-state index is 12.1. The van der Waals surface area contributed by atoms with E-state index in [9.17, 15) is 8.42 Å². The summed E-state index contributed by atoms with van der Waals surface area (Å²) in [6.07, 6.45) is 1.68. The van der Waals surface area contributed by atoms with E-state index in [0.717, 1.165) is 30.9 Å². The zero-order valence-corrected chi connectivity index (χ0v) is 15.1. The fraction of sp³-hybridized carbons (Fsp3) is 1.00. The predicted molar refractivity (Wildman–Crippen MR) is 89.5 cm³/mol. The lowest BCUT2D eigenvalue weighted by Gasteiger charge is -2.21. The van der Waals surface area contributed by atoms with E-state index >= 15 is 0 Å². The van der Waals surface area contributed by atoms with Crippen LogP contribution in [0.2, 0.25) is 0 Å². The van der Waals surface area contributed by atoms with Crippen molar-refractivity contribution in [1.82, 2.24) is 14.3 Å². The first kappa shape index (κ1) is 20.2. The lowest BCUT2D eigenvalue weighted by molar-refractivity contribution is 0.432. The average Bonchev–Trinajstić information content (AvgIpc) is 2.33. The van der Waals surface area contributed by atoms with Crippen molar-refractivity contribution in [2.24, 2.45) is 0 Å². The van der Waals surface area contributed by atoms with Crippen molar-refractivity contribution in [2.75, 3.05) is 31.6 Å². The van der Waals surface area contributed by atoms with Gasteiger partial charge in [-0.2, -0.15) is 29.2 Å². The third-order valence-corrected chi connectivity index (χ3v) is 5.50. The lowest BCUT2D eigenvalue weighted by atomic mass is 10.3. The fourth-order valence-corrected chi connectivity index (χ4v) is 3.60. The molecule has 1 atom stereocenters. The van der Waals surface area contributed by atoms with Crippen molar-refractivity contribution in [2.45, 2.75) is 52.6 Å². The summed E-state index contributed by atoms with van der Waals surface area (Å²) < 4.78 is 28.3. The monoisotopic (exact) mass is 325 g/mol. The van der Waals surface area contributed by atoms with Crippen LogP contribution in [0.1, 0.15) is 40.5 Å². The lowest BCUT2D eigenvalue weighted by Crippen LogP contribution is -2.43. The Hall–Kier alpha value is 0.180. The molecule has 0 aliphatic carbocycles. The summed E-state index contributed by atoms with van der Waals surface area (Å²) in [6, 6.07) is 0.418. The summed E-state index contributed by atoms with van der Waals surface area (Å²) >= 11 is 1.83. The quantitative estimate of drug-likeness (QED) is 0.536. The number of thioether (sulfide) groups is 1. The van der Waals surface area contributed by atoms with Crippen LogP contribution in [-0.2, 0) is 10.2 Å². The average molecular weight is 326 g/mol. The van der Waals surface area contributed by atoms with Crippen molar-refractivity contribution in [3.63, 3.8) is 0 Å². The first-order valence-electron chi connectivity index (χ1n) is 7.34. The smallest absolute Gasteiger partial charge is 0.279 e. The van der Waals surface area contributed by atoms with Crippen LogP contribution in [0.3, 0.4) is 0 Å². The molecule has 0 amide bonds. The molecule has 0 saturated carbocycles. The Morgan fingerprint density at radius 1 is 1.25 bits per heavy atom. The Labute approximate surface area is 129 Å². The van der Waals surface area contributed by atoms with Crippen LogP contribution < -0.4 is 10.0 Å². The van der Waals surface area contributed by atoms with E-state index in [-0.39, 0.29) is 6.04 Å². The van der Waals surface area contributed by atoms with E-state index in [0.29, 0.717) is 12.6 Å². The zero-order valence-electron chi connectivity index (χ0n) is 13.5. The number of nitrogens with zero attached hydrogens (tertiary/aromatic N) is 1. The molecule has 20 heavy (non-hydrogen) atoms. The number of hydrogen-bond donors (Lipinski definition) is 2. The van der Waals surface area contributed by atoms with Gasteiger partial charge in [-0.15, -0.1) is 0 Å². The molecular formula is C13H31N3O2S2. The minimum absolute atomic E-state index is 0.0183. The highest BCUT2D eigenvalue weighted by atomic mass is 32.2. The van der Waals surface area contributed by atoms with Gasteiger partial charge in [-0.05, 0) is 37.8 Å². The van der Waals surface area contributed by atoms with Gasteiger partial charge in [0, 0.05) is 25.7 Å². The summed E-state index contributed by atoms with van der Waals surface area (Å²) in [5.74, 6) is 2.06. The van der Waals surface area contributed by atoms with E-state index in [1.165, 1.54) is 4.31 Å². The second kappa shape index (κ2) is 10.8. The summed E-state index contributed by atoms with van der Waals surface area (Å²) in [7, 11) is -1.72. The third-order valence-electron chi connectivity index (χ3n) is 2.86. The van der Waals surface area contributed by atoms with Crippen molar-refractivity contribution in [1.29, 1.82) is 0 Å². The SMILES string of the molecule is CCSCCC(C)NS(=O)(=O)N(C)CCCNC(C)C. The van der Waals surface area contributed by atoms with Crippen LogP contribution in [-0.4, -0.2) is 56.4 Å². The summed E-state index contributed by atoms with van der Waals surface area (Å²) in [5.41, 5.74) is 0. The zero-order chi connectivity index (χ0) is 15.6. The molecule has 0 fully saturated rings. The topological polar surface area (TPSA) is 61.4 Å². The Kier molecular flexibility index (Phi) is 10.9. The van der Waals surface area contributed by atoms with Gasteiger partial charge in [-0.3, -0.25) is 0 Å². The molecule has 122 valence electrons. The molecule has 0 aliphatic rings.